The SMILES string of the molecule is Cc1cccc2c(NCC(O)c3cnn(C)c3)ccnc12. The van der Waals surface area contributed by atoms with Crippen LogP contribution in [0, 0.1) is 6.92 Å². The number of anilines is 1. The van der Waals surface area contributed by atoms with Crippen LogP contribution < -0.4 is 5.32 Å². The summed E-state index contributed by atoms with van der Waals surface area (Å²) in [5.74, 6) is 0. The molecular formula is C16H18N4O. The van der Waals surface area contributed by atoms with Gasteiger partial charge in [-0.1, -0.05) is 18.2 Å². The molecule has 3 rings (SSSR count). The van der Waals surface area contributed by atoms with Gasteiger partial charge in [-0.2, -0.15) is 5.10 Å². The second-order valence-electron chi connectivity index (χ2n) is 5.17. The summed E-state index contributed by atoms with van der Waals surface area (Å²) in [5.41, 5.74) is 3.91. The molecule has 2 aromatic heterocycles. The van der Waals surface area contributed by atoms with Crippen molar-refractivity contribution in [2.75, 3.05) is 11.9 Å². The molecule has 0 fully saturated rings. The van der Waals surface area contributed by atoms with Crippen molar-refractivity contribution in [2.24, 2.45) is 7.05 Å². The van der Waals surface area contributed by atoms with E-state index in [-0.39, 0.29) is 0 Å². The molecule has 0 amide bonds. The highest BCUT2D eigenvalue weighted by Crippen LogP contribution is 2.24. The Morgan fingerprint density at radius 2 is 2.19 bits per heavy atom. The van der Waals surface area contributed by atoms with Crippen LogP contribution in [0.1, 0.15) is 17.2 Å². The maximum Gasteiger partial charge on any atom is 0.0992 e. The van der Waals surface area contributed by atoms with Gasteiger partial charge >= 0.3 is 0 Å². The first kappa shape index (κ1) is 13.6. The van der Waals surface area contributed by atoms with E-state index in [9.17, 15) is 5.11 Å². The Morgan fingerprint density at radius 1 is 1.33 bits per heavy atom. The molecule has 1 unspecified atom stereocenters. The first-order chi connectivity index (χ1) is 10.1. The molecule has 1 atom stereocenters. The lowest BCUT2D eigenvalue weighted by atomic mass is 10.1. The molecule has 0 aliphatic carbocycles. The highest BCUT2D eigenvalue weighted by atomic mass is 16.3. The highest BCUT2D eigenvalue weighted by molar-refractivity contribution is 5.92. The molecule has 0 bridgehead atoms. The van der Waals surface area contributed by atoms with Gasteiger partial charge in [0.05, 0.1) is 17.8 Å². The summed E-state index contributed by atoms with van der Waals surface area (Å²) in [7, 11) is 1.84. The van der Waals surface area contributed by atoms with Gasteiger partial charge in [-0.15, -0.1) is 0 Å². The number of aliphatic hydroxyl groups excluding tert-OH is 1. The number of aryl methyl sites for hydroxylation is 2. The molecule has 2 N–H and O–H groups in total. The fourth-order valence-corrected chi connectivity index (χ4v) is 2.41. The summed E-state index contributed by atoms with van der Waals surface area (Å²) in [6.07, 6.45) is 4.70. The van der Waals surface area contributed by atoms with Crippen molar-refractivity contribution >= 4 is 16.6 Å². The quantitative estimate of drug-likeness (QED) is 0.771. The third-order valence-electron chi connectivity index (χ3n) is 3.57. The van der Waals surface area contributed by atoms with Gasteiger partial charge in [-0.3, -0.25) is 9.67 Å². The Bertz CT molecular complexity index is 766. The number of nitrogens with zero attached hydrogens (tertiary/aromatic N) is 3. The topological polar surface area (TPSA) is 63.0 Å². The van der Waals surface area contributed by atoms with Crippen molar-refractivity contribution in [2.45, 2.75) is 13.0 Å². The van der Waals surface area contributed by atoms with Crippen LogP contribution in [-0.4, -0.2) is 26.4 Å². The van der Waals surface area contributed by atoms with Crippen LogP contribution in [0.4, 0.5) is 5.69 Å². The van der Waals surface area contributed by atoms with Gasteiger partial charge < -0.3 is 10.4 Å². The average Bonchev–Trinajstić information content (AvgIpc) is 2.92. The van der Waals surface area contributed by atoms with Gasteiger partial charge in [0.25, 0.3) is 0 Å². The summed E-state index contributed by atoms with van der Waals surface area (Å²) in [6.45, 7) is 2.47. The molecule has 5 heteroatoms. The lowest BCUT2D eigenvalue weighted by Gasteiger charge is -2.13. The minimum absolute atomic E-state index is 0.429. The smallest absolute Gasteiger partial charge is 0.0992 e. The third-order valence-corrected chi connectivity index (χ3v) is 3.57. The highest BCUT2D eigenvalue weighted by Gasteiger charge is 2.10. The van der Waals surface area contributed by atoms with Crippen LogP contribution in [0.3, 0.4) is 0 Å². The van der Waals surface area contributed by atoms with Crippen LogP contribution in [-0.2, 0) is 7.05 Å². The van der Waals surface area contributed by atoms with Crippen molar-refractivity contribution in [1.29, 1.82) is 0 Å². The summed E-state index contributed by atoms with van der Waals surface area (Å²) >= 11 is 0. The van der Waals surface area contributed by atoms with Crippen molar-refractivity contribution in [3.63, 3.8) is 0 Å². The molecule has 21 heavy (non-hydrogen) atoms. The Labute approximate surface area is 123 Å². The Morgan fingerprint density at radius 3 is 2.95 bits per heavy atom. The normalized spacial score (nSPS) is 12.5. The zero-order valence-electron chi connectivity index (χ0n) is 12.1. The van der Waals surface area contributed by atoms with Crippen LogP contribution in [0.2, 0.25) is 0 Å². The van der Waals surface area contributed by atoms with E-state index >= 15 is 0 Å². The number of aromatic nitrogens is 3. The molecule has 5 nitrogen and oxygen atoms in total. The molecule has 1 aromatic carbocycles. The Kier molecular flexibility index (Phi) is 3.58. The maximum atomic E-state index is 10.2. The first-order valence-corrected chi connectivity index (χ1v) is 6.90. The van der Waals surface area contributed by atoms with E-state index in [4.69, 9.17) is 0 Å². The van der Waals surface area contributed by atoms with E-state index in [2.05, 4.69) is 15.4 Å². The molecule has 0 saturated heterocycles. The standard InChI is InChI=1S/C16H18N4O/c1-11-4-3-5-13-14(6-7-17-16(11)13)18-9-15(21)12-8-19-20(2)10-12/h3-8,10,15,21H,9H2,1-2H3,(H,17,18). The number of hydrogen-bond donors (Lipinski definition) is 2. The molecule has 0 saturated carbocycles. The van der Waals surface area contributed by atoms with Crippen LogP contribution in [0.15, 0.2) is 42.9 Å². The van der Waals surface area contributed by atoms with Crippen LogP contribution >= 0.6 is 0 Å². The van der Waals surface area contributed by atoms with Crippen LogP contribution in [0.25, 0.3) is 10.9 Å². The average molecular weight is 282 g/mol. The molecule has 0 radical (unpaired) electrons. The first-order valence-electron chi connectivity index (χ1n) is 6.90. The molecule has 0 aliphatic heterocycles. The number of hydrogen-bond acceptors (Lipinski definition) is 4. The predicted octanol–water partition coefficient (Wildman–Crippen LogP) is 2.42. The number of aliphatic hydroxyl groups is 1. The van der Waals surface area contributed by atoms with E-state index in [0.29, 0.717) is 6.54 Å². The zero-order valence-corrected chi connectivity index (χ0v) is 12.1. The number of rotatable bonds is 4. The molecule has 108 valence electrons. The number of pyridine rings is 1. The molecule has 2 heterocycles. The van der Waals surface area contributed by atoms with E-state index in [1.807, 2.05) is 44.4 Å². The van der Waals surface area contributed by atoms with Crippen molar-refractivity contribution in [3.8, 4) is 0 Å². The maximum absolute atomic E-state index is 10.2. The van der Waals surface area contributed by atoms with Crippen molar-refractivity contribution < 1.29 is 5.11 Å². The minimum atomic E-state index is -0.591. The van der Waals surface area contributed by atoms with Crippen LogP contribution in [0.5, 0.6) is 0 Å². The fourth-order valence-electron chi connectivity index (χ4n) is 2.41. The third kappa shape index (κ3) is 2.73. The molecule has 0 spiro atoms. The Balaban J connectivity index is 1.81. The number of fused-ring (bicyclic) bond motifs is 1. The second-order valence-corrected chi connectivity index (χ2v) is 5.17. The Hall–Kier alpha value is -2.40. The van der Waals surface area contributed by atoms with Gasteiger partial charge in [0.15, 0.2) is 0 Å². The second kappa shape index (κ2) is 5.54. The largest absolute Gasteiger partial charge is 0.386 e. The van der Waals surface area contributed by atoms with Gasteiger partial charge in [0.2, 0.25) is 0 Å². The van der Waals surface area contributed by atoms with Gasteiger partial charge in [-0.25, -0.2) is 0 Å². The van der Waals surface area contributed by atoms with E-state index in [1.165, 1.54) is 0 Å². The number of para-hydroxylation sites is 1. The lowest BCUT2D eigenvalue weighted by molar-refractivity contribution is 0.191. The zero-order chi connectivity index (χ0) is 14.8. The lowest BCUT2D eigenvalue weighted by Crippen LogP contribution is -2.12. The predicted molar refractivity (Wildman–Crippen MR) is 83.1 cm³/mol. The van der Waals surface area contributed by atoms with Gasteiger partial charge in [0.1, 0.15) is 0 Å². The number of nitrogens with one attached hydrogen (secondary N) is 1. The summed E-state index contributed by atoms with van der Waals surface area (Å²) in [4.78, 5) is 4.41. The van der Waals surface area contributed by atoms with Gasteiger partial charge in [0, 0.05) is 42.6 Å². The molecule has 3 aromatic rings. The summed E-state index contributed by atoms with van der Waals surface area (Å²) < 4.78 is 1.68. The van der Waals surface area contributed by atoms with Crippen molar-refractivity contribution in [3.05, 3.63) is 54.0 Å². The summed E-state index contributed by atoms with van der Waals surface area (Å²) in [6, 6.07) is 8.03. The summed E-state index contributed by atoms with van der Waals surface area (Å²) in [5, 5.41) is 18.6. The van der Waals surface area contributed by atoms with Gasteiger partial charge in [-0.05, 0) is 18.6 Å². The fraction of sp³-hybridized carbons (Fsp3) is 0.250. The minimum Gasteiger partial charge on any atom is -0.386 e. The van der Waals surface area contributed by atoms with E-state index < -0.39 is 6.10 Å². The number of benzene rings is 1. The van der Waals surface area contributed by atoms with E-state index in [0.717, 1.165) is 27.7 Å². The van der Waals surface area contributed by atoms with E-state index in [1.54, 1.807) is 17.1 Å². The molecule has 0 aliphatic rings. The monoisotopic (exact) mass is 282 g/mol. The molecular weight excluding hydrogens is 264 g/mol. The van der Waals surface area contributed by atoms with Crippen molar-refractivity contribution in [1.82, 2.24) is 14.8 Å².